The second-order valence-corrected chi connectivity index (χ2v) is 8.49. The van der Waals surface area contributed by atoms with Gasteiger partial charge in [0.05, 0.1) is 12.6 Å². The quantitative estimate of drug-likeness (QED) is 0.391. The Morgan fingerprint density at radius 2 is 1.52 bits per heavy atom. The Morgan fingerprint density at radius 1 is 0.862 bits per heavy atom. The van der Waals surface area contributed by atoms with Crippen LogP contribution >= 0.6 is 0 Å². The van der Waals surface area contributed by atoms with Crippen molar-refractivity contribution in [1.82, 2.24) is 9.55 Å². The highest BCUT2D eigenvalue weighted by Crippen LogP contribution is 2.36. The third kappa shape index (κ3) is 3.15. The molecule has 148 valence electrons. The second kappa shape index (κ2) is 7.47. The predicted octanol–water partition coefficient (Wildman–Crippen LogP) is 6.07. The van der Waals surface area contributed by atoms with Gasteiger partial charge >= 0.3 is 0 Å². The number of aromatic nitrogens is 3. The lowest BCUT2D eigenvalue weighted by molar-refractivity contribution is -0.633. The van der Waals surface area contributed by atoms with E-state index in [1.54, 1.807) is 0 Å². The highest BCUT2D eigenvalue weighted by atomic mass is 15.2. The molecule has 0 N–H and O–H groups in total. The standard InChI is InChI=1S/C26H30N3/c1-17(2)20-10-9-11-21(18(3)4)25(20)29-24-13-8-7-12-23(24)28(6)26(29)22-14-15-27-16-19(22)5/h7-18H,1-6H3/q+1. The number of rotatable bonds is 4. The number of hydrogen-bond donors (Lipinski definition) is 0. The number of aryl methyl sites for hydroxylation is 2. The van der Waals surface area contributed by atoms with E-state index in [9.17, 15) is 0 Å². The summed E-state index contributed by atoms with van der Waals surface area (Å²) < 4.78 is 4.79. The van der Waals surface area contributed by atoms with Crippen LogP contribution in [-0.2, 0) is 7.05 Å². The second-order valence-electron chi connectivity index (χ2n) is 8.49. The van der Waals surface area contributed by atoms with Crippen LogP contribution in [0, 0.1) is 6.92 Å². The number of hydrogen-bond acceptors (Lipinski definition) is 1. The minimum absolute atomic E-state index is 0.432. The number of fused-ring (bicyclic) bond motifs is 1. The van der Waals surface area contributed by atoms with E-state index >= 15 is 0 Å². The molecule has 0 unspecified atom stereocenters. The minimum Gasteiger partial charge on any atom is -0.264 e. The highest BCUT2D eigenvalue weighted by molar-refractivity contribution is 5.80. The highest BCUT2D eigenvalue weighted by Gasteiger charge is 2.30. The normalized spacial score (nSPS) is 11.7. The molecule has 0 fully saturated rings. The van der Waals surface area contributed by atoms with Gasteiger partial charge in [-0.3, -0.25) is 4.98 Å². The molecular weight excluding hydrogens is 354 g/mol. The zero-order valence-electron chi connectivity index (χ0n) is 18.3. The van der Waals surface area contributed by atoms with Crippen molar-refractivity contribution in [1.29, 1.82) is 0 Å². The zero-order chi connectivity index (χ0) is 20.7. The fourth-order valence-corrected chi connectivity index (χ4v) is 4.34. The van der Waals surface area contributed by atoms with Gasteiger partial charge in [0, 0.05) is 23.5 Å². The van der Waals surface area contributed by atoms with Gasteiger partial charge in [-0.15, -0.1) is 0 Å². The lowest BCUT2D eigenvalue weighted by Crippen LogP contribution is -2.30. The number of benzene rings is 2. The SMILES string of the molecule is Cc1cnccc1-c1n(-c2c(C(C)C)cccc2C(C)C)c2ccccc2[n+]1C. The third-order valence-corrected chi connectivity index (χ3v) is 5.84. The molecule has 3 nitrogen and oxygen atoms in total. The lowest BCUT2D eigenvalue weighted by atomic mass is 9.92. The van der Waals surface area contributed by atoms with Gasteiger partial charge in [-0.1, -0.05) is 58.0 Å². The number of nitrogens with zero attached hydrogens (tertiary/aromatic N) is 3. The van der Waals surface area contributed by atoms with Gasteiger partial charge in [0.15, 0.2) is 11.0 Å². The first-order chi connectivity index (χ1) is 13.9. The van der Waals surface area contributed by atoms with Gasteiger partial charge in [-0.05, 0) is 42.5 Å². The van der Waals surface area contributed by atoms with Crippen molar-refractivity contribution in [2.45, 2.75) is 46.5 Å². The molecule has 2 aromatic carbocycles. The van der Waals surface area contributed by atoms with Gasteiger partial charge in [-0.25, -0.2) is 4.57 Å². The van der Waals surface area contributed by atoms with Crippen molar-refractivity contribution in [3.63, 3.8) is 0 Å². The molecule has 29 heavy (non-hydrogen) atoms. The molecule has 0 saturated carbocycles. The number of imidazole rings is 1. The fourth-order valence-electron chi connectivity index (χ4n) is 4.34. The molecular formula is C26H30N3+. The monoisotopic (exact) mass is 384 g/mol. The van der Waals surface area contributed by atoms with Crippen LogP contribution in [0.3, 0.4) is 0 Å². The van der Waals surface area contributed by atoms with Gasteiger partial charge in [-0.2, -0.15) is 4.57 Å². The Kier molecular flexibility index (Phi) is 4.99. The molecule has 2 heterocycles. The smallest absolute Gasteiger partial charge is 0.264 e. The molecule has 3 heteroatoms. The van der Waals surface area contributed by atoms with Crippen LogP contribution in [0.2, 0.25) is 0 Å². The van der Waals surface area contributed by atoms with Crippen LogP contribution in [0.1, 0.15) is 56.2 Å². The molecule has 4 aromatic rings. The van der Waals surface area contributed by atoms with Gasteiger partial charge in [0.25, 0.3) is 5.82 Å². The number of pyridine rings is 1. The summed E-state index contributed by atoms with van der Waals surface area (Å²) in [5, 5.41) is 0. The molecule has 0 atom stereocenters. The van der Waals surface area contributed by atoms with Crippen LogP contribution in [0.5, 0.6) is 0 Å². The summed E-state index contributed by atoms with van der Waals surface area (Å²) in [5.74, 6) is 2.06. The van der Waals surface area contributed by atoms with E-state index in [4.69, 9.17) is 0 Å². The van der Waals surface area contributed by atoms with Gasteiger partial charge in [0.2, 0.25) is 0 Å². The average Bonchev–Trinajstić information content (AvgIpc) is 3.00. The van der Waals surface area contributed by atoms with Crippen LogP contribution in [-0.4, -0.2) is 9.55 Å². The lowest BCUT2D eigenvalue weighted by Gasteiger charge is -2.18. The summed E-state index contributed by atoms with van der Waals surface area (Å²) in [6.07, 6.45) is 3.84. The van der Waals surface area contributed by atoms with E-state index in [0.717, 1.165) is 0 Å². The summed E-state index contributed by atoms with van der Waals surface area (Å²) in [4.78, 5) is 4.33. The van der Waals surface area contributed by atoms with Crippen LogP contribution in [0.15, 0.2) is 60.9 Å². The first kappa shape index (κ1) is 19.4. The van der Waals surface area contributed by atoms with Crippen LogP contribution < -0.4 is 4.57 Å². The van der Waals surface area contributed by atoms with E-state index in [0.29, 0.717) is 11.8 Å². The largest absolute Gasteiger partial charge is 0.295 e. The Hall–Kier alpha value is -2.94. The molecule has 0 saturated heterocycles. The van der Waals surface area contributed by atoms with Gasteiger partial charge < -0.3 is 0 Å². The third-order valence-electron chi connectivity index (χ3n) is 5.84. The molecule has 0 aliphatic rings. The van der Waals surface area contributed by atoms with E-state index in [1.807, 2.05) is 12.4 Å². The summed E-state index contributed by atoms with van der Waals surface area (Å²) >= 11 is 0. The average molecular weight is 385 g/mol. The van der Waals surface area contributed by atoms with E-state index in [2.05, 4.69) is 104 Å². The molecule has 0 bridgehead atoms. The molecule has 2 aromatic heterocycles. The summed E-state index contributed by atoms with van der Waals surface area (Å²) in [5.41, 5.74) is 8.94. The number of para-hydroxylation sites is 3. The van der Waals surface area contributed by atoms with Crippen molar-refractivity contribution in [2.24, 2.45) is 7.05 Å². The van der Waals surface area contributed by atoms with Crippen LogP contribution in [0.25, 0.3) is 28.1 Å². The maximum atomic E-state index is 4.33. The summed E-state index contributed by atoms with van der Waals surface area (Å²) in [6, 6.07) is 17.6. The van der Waals surface area contributed by atoms with Crippen molar-refractivity contribution in [2.75, 3.05) is 0 Å². The molecule has 0 amide bonds. The minimum atomic E-state index is 0.432. The van der Waals surface area contributed by atoms with Crippen molar-refractivity contribution >= 4 is 11.0 Å². The van der Waals surface area contributed by atoms with E-state index in [-0.39, 0.29) is 0 Å². The molecule has 0 spiro atoms. The summed E-state index contributed by atoms with van der Waals surface area (Å²) in [7, 11) is 2.17. The Morgan fingerprint density at radius 3 is 2.14 bits per heavy atom. The van der Waals surface area contributed by atoms with E-state index in [1.165, 1.54) is 44.8 Å². The Balaban J connectivity index is 2.22. The van der Waals surface area contributed by atoms with Crippen LogP contribution in [0.4, 0.5) is 0 Å². The maximum absolute atomic E-state index is 4.33. The Labute approximate surface area is 173 Å². The van der Waals surface area contributed by atoms with Crippen molar-refractivity contribution in [3.05, 3.63) is 77.6 Å². The van der Waals surface area contributed by atoms with Gasteiger partial charge in [0.1, 0.15) is 5.69 Å². The first-order valence-electron chi connectivity index (χ1n) is 10.5. The predicted molar refractivity (Wildman–Crippen MR) is 121 cm³/mol. The van der Waals surface area contributed by atoms with Crippen molar-refractivity contribution in [3.8, 4) is 17.1 Å². The van der Waals surface area contributed by atoms with Crippen molar-refractivity contribution < 1.29 is 4.57 Å². The first-order valence-corrected chi connectivity index (χ1v) is 10.5. The van der Waals surface area contributed by atoms with E-state index < -0.39 is 0 Å². The molecule has 0 aliphatic heterocycles. The Bertz CT molecular complexity index is 1160. The molecule has 0 aliphatic carbocycles. The topological polar surface area (TPSA) is 21.7 Å². The maximum Gasteiger partial charge on any atom is 0.295 e. The summed E-state index contributed by atoms with van der Waals surface area (Å²) in [6.45, 7) is 11.3. The molecule has 4 rings (SSSR count). The zero-order valence-corrected chi connectivity index (χ0v) is 18.3. The molecule has 0 radical (unpaired) electrons. The fraction of sp³-hybridized carbons (Fsp3) is 0.308.